The zero-order valence-electron chi connectivity index (χ0n) is 15.7. The van der Waals surface area contributed by atoms with Crippen molar-refractivity contribution in [1.82, 2.24) is 5.01 Å². The molecule has 0 amide bonds. The fraction of sp³-hybridized carbons (Fsp3) is 0.333. The molecule has 0 spiro atoms. The lowest BCUT2D eigenvalue weighted by Crippen LogP contribution is -2.49. The van der Waals surface area contributed by atoms with E-state index in [0.29, 0.717) is 0 Å². The number of rotatable bonds is 3. The van der Waals surface area contributed by atoms with Crippen LogP contribution >= 0.6 is 0 Å². The topological polar surface area (TPSA) is 41.9 Å². The Morgan fingerprint density at radius 3 is 2.96 bits per heavy atom. The number of ketones is 1. The van der Waals surface area contributed by atoms with E-state index >= 15 is 0 Å². The first kappa shape index (κ1) is 17.1. The number of benzene rings is 1. The molecule has 4 heteroatoms. The van der Waals surface area contributed by atoms with E-state index in [4.69, 9.17) is 9.84 Å². The van der Waals surface area contributed by atoms with Gasteiger partial charge in [0.15, 0.2) is 0 Å². The maximum absolute atomic E-state index is 13.4. The van der Waals surface area contributed by atoms with Crippen LogP contribution in [-0.2, 0) is 9.53 Å². The number of hydrogen-bond acceptors (Lipinski definition) is 4. The van der Waals surface area contributed by atoms with Gasteiger partial charge in [-0.2, -0.15) is 5.10 Å². The van der Waals surface area contributed by atoms with Crippen molar-refractivity contribution in [3.63, 3.8) is 0 Å². The molecule has 3 unspecified atom stereocenters. The zero-order valence-corrected chi connectivity index (χ0v) is 15.7. The van der Waals surface area contributed by atoms with Crippen LogP contribution in [0.25, 0.3) is 0 Å². The van der Waals surface area contributed by atoms with Crippen LogP contribution in [0, 0.1) is 17.8 Å². The molecule has 0 fully saturated rings. The van der Waals surface area contributed by atoms with Gasteiger partial charge in [0, 0.05) is 6.42 Å². The van der Waals surface area contributed by atoms with Gasteiger partial charge in [0.1, 0.15) is 5.76 Å². The van der Waals surface area contributed by atoms with Crippen LogP contribution in [0.3, 0.4) is 0 Å². The molecule has 0 radical (unpaired) electrons. The fourth-order valence-corrected chi connectivity index (χ4v) is 4.31. The minimum Gasteiger partial charge on any atom is -0.462 e. The molecule has 0 bridgehead atoms. The first-order valence-electron chi connectivity index (χ1n) is 9.98. The summed E-state index contributed by atoms with van der Waals surface area (Å²) >= 11 is 0. The highest BCUT2D eigenvalue weighted by molar-refractivity contribution is 6.02. The van der Waals surface area contributed by atoms with Gasteiger partial charge in [0.05, 0.1) is 17.7 Å². The van der Waals surface area contributed by atoms with Gasteiger partial charge < -0.3 is 4.74 Å². The largest absolute Gasteiger partial charge is 0.462 e. The third-order valence-corrected chi connectivity index (χ3v) is 5.76. The van der Waals surface area contributed by atoms with E-state index in [9.17, 15) is 4.79 Å². The maximum Gasteiger partial charge on any atom is 0.248 e. The predicted molar refractivity (Wildman–Crippen MR) is 108 cm³/mol. The van der Waals surface area contributed by atoms with E-state index in [0.717, 1.165) is 49.1 Å². The van der Waals surface area contributed by atoms with E-state index in [1.165, 1.54) is 5.57 Å². The fourth-order valence-electron chi connectivity index (χ4n) is 4.31. The highest BCUT2D eigenvalue weighted by Crippen LogP contribution is 2.39. The molecule has 28 heavy (non-hydrogen) atoms. The van der Waals surface area contributed by atoms with E-state index in [-0.39, 0.29) is 17.7 Å². The Labute approximate surface area is 165 Å². The first-order valence-corrected chi connectivity index (χ1v) is 9.98. The number of Topliss-reactive ketones (excluding diaryl/α,β-unsaturated/α-hetero) is 1. The summed E-state index contributed by atoms with van der Waals surface area (Å²) in [5.74, 6) is 6.64. The molecule has 1 aromatic rings. The predicted octanol–water partition coefficient (Wildman–Crippen LogP) is 3.96. The summed E-state index contributed by atoms with van der Waals surface area (Å²) in [6.45, 7) is 0. The number of nitrogens with zero attached hydrogens (tertiary/aromatic N) is 2. The maximum atomic E-state index is 13.4. The second-order valence-electron chi connectivity index (χ2n) is 7.54. The molecule has 2 aliphatic carbocycles. The smallest absolute Gasteiger partial charge is 0.248 e. The Morgan fingerprint density at radius 2 is 2.07 bits per heavy atom. The van der Waals surface area contributed by atoms with Crippen molar-refractivity contribution in [2.24, 2.45) is 11.0 Å². The number of allylic oxidation sites excluding steroid dienone is 4. The van der Waals surface area contributed by atoms with Gasteiger partial charge >= 0.3 is 0 Å². The van der Waals surface area contributed by atoms with Gasteiger partial charge in [-0.15, -0.1) is 0 Å². The van der Waals surface area contributed by atoms with Crippen LogP contribution in [0.5, 0.6) is 0 Å². The molecular weight excluding hydrogens is 348 g/mol. The standard InChI is InChI=1S/C24H22N2O2/c27-23(18-12-4-1-2-5-13-18)24-26-21(19-14-8-9-15-22(19)28-24)16-20(25-26)17-10-6-3-7-11-17/h1-3,6-7,9-11,15,18,21,24H,4,8,12,14,16H2. The summed E-state index contributed by atoms with van der Waals surface area (Å²) in [5.41, 5.74) is 3.38. The van der Waals surface area contributed by atoms with Gasteiger partial charge in [-0.3, -0.25) is 4.79 Å². The molecule has 0 aromatic heterocycles. The normalized spacial score (nSPS) is 27.8. The molecule has 3 atom stereocenters. The monoisotopic (exact) mass is 370 g/mol. The summed E-state index contributed by atoms with van der Waals surface area (Å²) in [6.07, 6.45) is 11.7. The molecule has 0 saturated heterocycles. The number of ether oxygens (including phenoxy) is 1. The van der Waals surface area contributed by atoms with Crippen molar-refractivity contribution in [2.75, 3.05) is 0 Å². The van der Waals surface area contributed by atoms with Crippen LogP contribution in [0.2, 0.25) is 0 Å². The molecule has 2 aliphatic heterocycles. The summed E-state index contributed by atoms with van der Waals surface area (Å²) in [6, 6.07) is 10.3. The van der Waals surface area contributed by atoms with Crippen LogP contribution in [-0.4, -0.2) is 28.8 Å². The average molecular weight is 370 g/mol. The van der Waals surface area contributed by atoms with E-state index in [1.54, 1.807) is 0 Å². The van der Waals surface area contributed by atoms with Gasteiger partial charge in [-0.25, -0.2) is 5.01 Å². The highest BCUT2D eigenvalue weighted by atomic mass is 16.5. The Hall–Kier alpha value is -3.06. The quantitative estimate of drug-likeness (QED) is 0.756. The molecule has 0 saturated carbocycles. The van der Waals surface area contributed by atoms with Crippen LogP contribution in [0.4, 0.5) is 0 Å². The summed E-state index contributed by atoms with van der Waals surface area (Å²) < 4.78 is 6.22. The third kappa shape index (κ3) is 2.97. The molecule has 2 heterocycles. The SMILES string of the molecule is O=C(C1C#CC=CCC1)C1OC2=C(CCC=C2)C2CC(c3ccccc3)=NN21. The van der Waals surface area contributed by atoms with Crippen molar-refractivity contribution in [2.45, 2.75) is 44.4 Å². The Bertz CT molecular complexity index is 975. The van der Waals surface area contributed by atoms with Crippen LogP contribution in [0.1, 0.15) is 37.7 Å². The average Bonchev–Trinajstić information content (AvgIpc) is 3.02. The van der Waals surface area contributed by atoms with Crippen molar-refractivity contribution in [3.05, 3.63) is 71.5 Å². The summed E-state index contributed by atoms with van der Waals surface area (Å²) in [4.78, 5) is 13.4. The van der Waals surface area contributed by atoms with Crippen molar-refractivity contribution in [1.29, 1.82) is 0 Å². The summed E-state index contributed by atoms with van der Waals surface area (Å²) in [5, 5.41) is 6.78. The van der Waals surface area contributed by atoms with Gasteiger partial charge in [0.2, 0.25) is 12.0 Å². The van der Waals surface area contributed by atoms with E-state index < -0.39 is 6.23 Å². The molecule has 1 aromatic carbocycles. The molecule has 5 rings (SSSR count). The lowest BCUT2D eigenvalue weighted by atomic mass is 9.89. The molecule has 0 N–H and O–H groups in total. The van der Waals surface area contributed by atoms with Crippen molar-refractivity contribution in [3.8, 4) is 11.8 Å². The number of hydrazone groups is 1. The highest BCUT2D eigenvalue weighted by Gasteiger charge is 2.45. The van der Waals surface area contributed by atoms with Crippen molar-refractivity contribution < 1.29 is 9.53 Å². The lowest BCUT2D eigenvalue weighted by molar-refractivity contribution is -0.145. The molecule has 4 aliphatic rings. The van der Waals surface area contributed by atoms with Gasteiger partial charge in [0.25, 0.3) is 0 Å². The Kier molecular flexibility index (Phi) is 4.37. The van der Waals surface area contributed by atoms with Gasteiger partial charge in [-0.1, -0.05) is 54.3 Å². The van der Waals surface area contributed by atoms with Gasteiger partial charge in [-0.05, 0) is 49.0 Å². The zero-order chi connectivity index (χ0) is 18.9. The number of carbonyl (C=O) groups is 1. The van der Waals surface area contributed by atoms with E-state index in [2.05, 4.69) is 30.0 Å². The minimum atomic E-state index is -0.704. The minimum absolute atomic E-state index is 0.0183. The third-order valence-electron chi connectivity index (χ3n) is 5.76. The number of hydrogen-bond donors (Lipinski definition) is 0. The first-order chi connectivity index (χ1) is 13.8. The Morgan fingerprint density at radius 1 is 1.18 bits per heavy atom. The molecular formula is C24H22N2O2. The lowest BCUT2D eigenvalue weighted by Gasteiger charge is -2.39. The van der Waals surface area contributed by atoms with E-state index in [1.807, 2.05) is 41.4 Å². The van der Waals surface area contributed by atoms with Crippen LogP contribution in [0.15, 0.2) is 71.1 Å². The summed E-state index contributed by atoms with van der Waals surface area (Å²) in [7, 11) is 0. The Balaban J connectivity index is 1.51. The van der Waals surface area contributed by atoms with Crippen molar-refractivity contribution >= 4 is 11.5 Å². The second-order valence-corrected chi connectivity index (χ2v) is 7.54. The molecule has 4 nitrogen and oxygen atoms in total. The van der Waals surface area contributed by atoms with Crippen LogP contribution < -0.4 is 0 Å². The molecule has 140 valence electrons. The number of carbonyl (C=O) groups excluding carboxylic acids is 1. The number of fused-ring (bicyclic) bond motifs is 2. The second kappa shape index (κ2) is 7.16.